The van der Waals surface area contributed by atoms with E-state index in [2.05, 4.69) is 12.1 Å². The minimum absolute atomic E-state index is 0.0842. The molecule has 0 saturated carbocycles. The maximum Gasteiger partial charge on any atom is 0.341 e. The van der Waals surface area contributed by atoms with Crippen LogP contribution in [0.2, 0.25) is 5.02 Å². The Morgan fingerprint density at radius 2 is 1.89 bits per heavy atom. The van der Waals surface area contributed by atoms with E-state index >= 15 is 0 Å². The molecule has 3 aromatic rings. The molecule has 0 radical (unpaired) electrons. The Kier molecular flexibility index (Phi) is 7.01. The van der Waals surface area contributed by atoms with Gasteiger partial charge < -0.3 is 14.7 Å². The number of halogens is 3. The van der Waals surface area contributed by atoms with Gasteiger partial charge >= 0.3 is 5.97 Å². The van der Waals surface area contributed by atoms with Gasteiger partial charge in [-0.15, -0.1) is 0 Å². The van der Waals surface area contributed by atoms with Crippen LogP contribution in [0, 0.1) is 23.8 Å². The average molecular weight is 535 g/mol. The van der Waals surface area contributed by atoms with E-state index in [1.54, 1.807) is 0 Å². The quantitative estimate of drug-likeness (QED) is 0.452. The van der Waals surface area contributed by atoms with Crippen LogP contribution in [-0.2, 0) is 14.8 Å². The van der Waals surface area contributed by atoms with Gasteiger partial charge in [-0.1, -0.05) is 23.7 Å². The second kappa shape index (κ2) is 10.0. The highest BCUT2D eigenvalue weighted by Crippen LogP contribution is 2.36. The van der Waals surface area contributed by atoms with Gasteiger partial charge in [-0.3, -0.25) is 9.52 Å². The van der Waals surface area contributed by atoms with E-state index in [9.17, 15) is 26.8 Å². The Morgan fingerprint density at radius 1 is 1.14 bits per heavy atom. The third-order valence-electron chi connectivity index (χ3n) is 5.30. The zero-order chi connectivity index (χ0) is 26.0. The number of benzene rings is 2. The lowest BCUT2D eigenvalue weighted by Crippen LogP contribution is -2.42. The molecule has 1 amide bonds. The molecule has 0 atom stereocenters. The summed E-state index contributed by atoms with van der Waals surface area (Å²) in [5, 5.41) is 8.63. The Balaban J connectivity index is 1.78. The van der Waals surface area contributed by atoms with Gasteiger partial charge in [0.25, 0.3) is 15.9 Å². The topological polar surface area (TPSA) is 113 Å². The first kappa shape index (κ1) is 25.2. The van der Waals surface area contributed by atoms with Crippen molar-refractivity contribution in [2.24, 2.45) is 0 Å². The lowest BCUT2D eigenvalue weighted by atomic mass is 10.1. The van der Waals surface area contributed by atoms with Crippen molar-refractivity contribution in [3.8, 4) is 16.9 Å². The summed E-state index contributed by atoms with van der Waals surface area (Å²) < 4.78 is 62.9. The van der Waals surface area contributed by atoms with Crippen molar-refractivity contribution in [1.29, 1.82) is 0 Å². The molecule has 1 fully saturated rings. The molecule has 12 heteroatoms. The molecule has 36 heavy (non-hydrogen) atoms. The second-order valence-corrected chi connectivity index (χ2v) is 9.81. The van der Waals surface area contributed by atoms with Crippen molar-refractivity contribution >= 4 is 39.2 Å². The van der Waals surface area contributed by atoms with Gasteiger partial charge in [0.2, 0.25) is 0 Å². The number of carbonyl (C=O) groups excluding carboxylic acids is 1. The zero-order valence-electron chi connectivity index (χ0n) is 18.3. The molecule has 0 bridgehead atoms. The van der Waals surface area contributed by atoms with E-state index in [-0.39, 0.29) is 16.1 Å². The first-order valence-corrected chi connectivity index (χ1v) is 12.3. The first-order valence-electron chi connectivity index (χ1n) is 10.4. The van der Waals surface area contributed by atoms with Crippen LogP contribution < -0.4 is 9.46 Å². The molecule has 1 heterocycles. The molecule has 1 aliphatic heterocycles. The van der Waals surface area contributed by atoms with E-state index in [0.29, 0.717) is 24.7 Å². The summed E-state index contributed by atoms with van der Waals surface area (Å²) in [6.07, 6.45) is 0.787. The Bertz CT molecular complexity index is 1450. The summed E-state index contributed by atoms with van der Waals surface area (Å²) in [7, 11) is -4.72. The van der Waals surface area contributed by atoms with Gasteiger partial charge in [0, 0.05) is 30.3 Å². The second-order valence-electron chi connectivity index (χ2n) is 7.75. The molecule has 0 unspecified atom stereocenters. The number of carbonyl (C=O) groups is 2. The summed E-state index contributed by atoms with van der Waals surface area (Å²) in [5.74, 6) is -4.59. The monoisotopic (exact) mass is 534 g/mol. The van der Waals surface area contributed by atoms with Crippen LogP contribution in [0.25, 0.3) is 11.1 Å². The third-order valence-corrected chi connectivity index (χ3v) is 6.95. The molecule has 1 aliphatic rings. The van der Waals surface area contributed by atoms with Crippen LogP contribution in [0.5, 0.6) is 5.75 Å². The summed E-state index contributed by atoms with van der Waals surface area (Å²) in [4.78, 5) is 24.5. The van der Waals surface area contributed by atoms with Crippen molar-refractivity contribution in [2.75, 3.05) is 24.4 Å². The molecule has 2 N–H and O–H groups in total. The highest BCUT2D eigenvalue weighted by Gasteiger charge is 2.29. The Morgan fingerprint density at radius 3 is 2.50 bits per heavy atom. The van der Waals surface area contributed by atoms with Crippen LogP contribution in [0.3, 0.4) is 0 Å². The standard InChI is InChI=1S/C24H17ClF2N2O6S/c25-17-9-15(24(32)29-7-4-8-29)10-21(23(17)35-13-22(30)31)36(33,34)28-20-11-16(18(26)12-19(20)27)14-5-2-1-3-6-14/h2,5-6,9-12,28H,4,7-8,13H2,(H,30,31). The number of hydrogen-bond acceptors (Lipinski definition) is 5. The Labute approximate surface area is 210 Å². The molecule has 8 nitrogen and oxygen atoms in total. The summed E-state index contributed by atoms with van der Waals surface area (Å²) in [6.45, 7) is 0.0246. The van der Waals surface area contributed by atoms with E-state index in [1.807, 2.05) is 4.72 Å². The van der Waals surface area contributed by atoms with Gasteiger partial charge in [-0.05, 0) is 48.4 Å². The van der Waals surface area contributed by atoms with Crippen molar-refractivity contribution in [2.45, 2.75) is 11.3 Å². The van der Waals surface area contributed by atoms with Gasteiger partial charge in [-0.25, -0.2) is 22.0 Å². The number of nitrogens with zero attached hydrogens (tertiary/aromatic N) is 1. The third kappa shape index (κ3) is 5.19. The predicted molar refractivity (Wildman–Crippen MR) is 125 cm³/mol. The van der Waals surface area contributed by atoms with Crippen LogP contribution >= 0.6 is 11.6 Å². The smallest absolute Gasteiger partial charge is 0.341 e. The van der Waals surface area contributed by atoms with Gasteiger partial charge in [0.05, 0.1) is 10.7 Å². The summed E-state index contributed by atoms with van der Waals surface area (Å²) >= 11 is 6.18. The van der Waals surface area contributed by atoms with Gasteiger partial charge in [0.1, 0.15) is 16.5 Å². The number of hydrogen-bond donors (Lipinski definition) is 2. The van der Waals surface area contributed by atoms with Crippen molar-refractivity contribution < 1.29 is 36.6 Å². The number of aliphatic carboxylic acids is 1. The van der Waals surface area contributed by atoms with Gasteiger partial charge in [0.15, 0.2) is 12.4 Å². The fraction of sp³-hybridized carbons (Fsp3) is 0.167. The highest BCUT2D eigenvalue weighted by molar-refractivity contribution is 7.92. The number of carboxylic acid groups (broad SMARTS) is 1. The predicted octanol–water partition coefficient (Wildman–Crippen LogP) is 4.00. The number of likely N-dealkylation sites (tertiary alicyclic amines) is 1. The number of anilines is 1. The highest BCUT2D eigenvalue weighted by atomic mass is 35.5. The van der Waals surface area contributed by atoms with Crippen molar-refractivity contribution in [3.05, 3.63) is 76.8 Å². The molecular weight excluding hydrogens is 518 g/mol. The number of carboxylic acids is 1. The average Bonchev–Trinajstić information content (AvgIpc) is 2.78. The van der Waals surface area contributed by atoms with Crippen LogP contribution in [0.15, 0.2) is 47.4 Å². The van der Waals surface area contributed by atoms with E-state index < -0.39 is 56.5 Å². The van der Waals surface area contributed by atoms with Crippen molar-refractivity contribution in [1.82, 2.24) is 4.90 Å². The molecule has 0 aliphatic carbocycles. The molecule has 1 saturated heterocycles. The molecule has 0 spiro atoms. The van der Waals surface area contributed by atoms with E-state index in [4.69, 9.17) is 21.4 Å². The summed E-state index contributed by atoms with van der Waals surface area (Å²) in [5.41, 5.74) is -0.498. The number of rotatable bonds is 8. The maximum atomic E-state index is 14.6. The largest absolute Gasteiger partial charge is 0.479 e. The normalized spacial score (nSPS) is 12.9. The number of amides is 1. The van der Waals surface area contributed by atoms with E-state index in [0.717, 1.165) is 24.6 Å². The van der Waals surface area contributed by atoms with Gasteiger partial charge in [-0.2, -0.15) is 0 Å². The number of nitrogens with one attached hydrogen (secondary N) is 1. The Hall–Kier alpha value is -3.88. The molecule has 4 rings (SSSR count). The molecule has 0 aromatic heterocycles. The van der Waals surface area contributed by atoms with Crippen molar-refractivity contribution in [3.63, 3.8) is 0 Å². The fourth-order valence-electron chi connectivity index (χ4n) is 3.43. The molecule has 186 valence electrons. The SMILES string of the molecule is O=C(O)COc1c(Cl)cc(C(=O)N2CCC2)cc1S(=O)(=O)Nc1cc(-c2cc#ccc2)c(F)cc1F. The summed E-state index contributed by atoms with van der Waals surface area (Å²) in [6, 6.07) is 13.2. The first-order chi connectivity index (χ1) is 17.1. The van der Waals surface area contributed by atoms with Crippen LogP contribution in [0.1, 0.15) is 16.8 Å². The number of sulfonamides is 1. The lowest BCUT2D eigenvalue weighted by Gasteiger charge is -2.31. The minimum Gasteiger partial charge on any atom is -0.479 e. The molecular formula is C24H17ClF2N2O6S. The maximum absolute atomic E-state index is 14.6. The number of ether oxygens (including phenoxy) is 1. The zero-order valence-corrected chi connectivity index (χ0v) is 19.9. The lowest BCUT2D eigenvalue weighted by molar-refractivity contribution is -0.139. The minimum atomic E-state index is -4.72. The van der Waals surface area contributed by atoms with Crippen LogP contribution in [0.4, 0.5) is 14.5 Å². The molecule has 3 aromatic carbocycles. The van der Waals surface area contributed by atoms with E-state index in [1.165, 1.54) is 23.1 Å². The van der Waals surface area contributed by atoms with Crippen LogP contribution in [-0.4, -0.2) is 50.0 Å². The fourth-order valence-corrected chi connectivity index (χ4v) is 5.01.